The molecule has 0 bridgehead atoms. The lowest BCUT2D eigenvalue weighted by Gasteiger charge is -2.06. The summed E-state index contributed by atoms with van der Waals surface area (Å²) in [7, 11) is 0. The molecule has 0 saturated heterocycles. The normalized spacial score (nSPS) is 10.2. The maximum atomic E-state index is 11.7. The van der Waals surface area contributed by atoms with Crippen molar-refractivity contribution in [3.8, 4) is 0 Å². The van der Waals surface area contributed by atoms with Crippen molar-refractivity contribution in [3.05, 3.63) is 28.8 Å². The van der Waals surface area contributed by atoms with Gasteiger partial charge in [0.2, 0.25) is 0 Å². The van der Waals surface area contributed by atoms with Crippen LogP contribution in [0.1, 0.15) is 23.7 Å². The minimum Gasteiger partial charge on any atom is -0.462 e. The van der Waals surface area contributed by atoms with Gasteiger partial charge in [0.25, 0.3) is 0 Å². The second-order valence-electron chi connectivity index (χ2n) is 3.43. The number of hydrogen-bond acceptors (Lipinski definition) is 4. The summed E-state index contributed by atoms with van der Waals surface area (Å²) in [6, 6.07) is 4.78. The molecule has 1 aromatic rings. The molecule has 0 saturated carbocycles. The standard InChI is InChI=1S/C12H16ClNO2S/c1-2-17-7-3-6-16-12(15)10-8-9(14)4-5-11(10)13/h4-5,8H,2-3,6-7,14H2,1H3. The second-order valence-corrected chi connectivity index (χ2v) is 5.23. The molecule has 0 radical (unpaired) electrons. The summed E-state index contributed by atoms with van der Waals surface area (Å²) in [6.45, 7) is 2.51. The number of rotatable bonds is 6. The minimum atomic E-state index is -0.413. The number of ether oxygens (including phenoxy) is 1. The molecular formula is C12H16ClNO2S. The van der Waals surface area contributed by atoms with Crippen molar-refractivity contribution in [3.63, 3.8) is 0 Å². The van der Waals surface area contributed by atoms with E-state index in [0.29, 0.717) is 22.9 Å². The third-order valence-corrected chi connectivity index (χ3v) is 3.40. The van der Waals surface area contributed by atoms with E-state index in [-0.39, 0.29) is 0 Å². The van der Waals surface area contributed by atoms with Crippen LogP contribution in [-0.4, -0.2) is 24.1 Å². The molecule has 0 heterocycles. The van der Waals surface area contributed by atoms with Crippen LogP contribution in [0.2, 0.25) is 5.02 Å². The summed E-state index contributed by atoms with van der Waals surface area (Å²) in [5.41, 5.74) is 6.42. The number of carbonyl (C=O) groups excluding carboxylic acids is 1. The third-order valence-electron chi connectivity index (χ3n) is 2.08. The van der Waals surface area contributed by atoms with Crippen molar-refractivity contribution in [2.24, 2.45) is 0 Å². The molecule has 94 valence electrons. The lowest BCUT2D eigenvalue weighted by atomic mass is 10.2. The number of thioether (sulfide) groups is 1. The largest absolute Gasteiger partial charge is 0.462 e. The zero-order valence-electron chi connectivity index (χ0n) is 9.74. The van der Waals surface area contributed by atoms with Gasteiger partial charge < -0.3 is 10.5 Å². The Labute approximate surface area is 111 Å². The van der Waals surface area contributed by atoms with E-state index < -0.39 is 5.97 Å². The molecule has 0 amide bonds. The molecule has 0 aliphatic carbocycles. The summed E-state index contributed by atoms with van der Waals surface area (Å²) < 4.78 is 5.12. The van der Waals surface area contributed by atoms with Gasteiger partial charge in [0.1, 0.15) is 0 Å². The molecule has 0 spiro atoms. The van der Waals surface area contributed by atoms with Gasteiger partial charge in [0.05, 0.1) is 17.2 Å². The summed E-state index contributed by atoms with van der Waals surface area (Å²) in [5.74, 6) is 1.66. The van der Waals surface area contributed by atoms with Gasteiger partial charge in [-0.1, -0.05) is 18.5 Å². The van der Waals surface area contributed by atoms with Crippen molar-refractivity contribution >= 4 is 35.0 Å². The van der Waals surface area contributed by atoms with Gasteiger partial charge in [-0.05, 0) is 36.1 Å². The van der Waals surface area contributed by atoms with Crippen LogP contribution in [0.25, 0.3) is 0 Å². The van der Waals surface area contributed by atoms with Gasteiger partial charge in [-0.15, -0.1) is 0 Å². The van der Waals surface area contributed by atoms with Gasteiger partial charge in [-0.25, -0.2) is 4.79 Å². The SMILES string of the molecule is CCSCCCOC(=O)c1cc(N)ccc1Cl. The fourth-order valence-electron chi connectivity index (χ4n) is 1.25. The molecule has 1 aromatic carbocycles. The molecular weight excluding hydrogens is 258 g/mol. The van der Waals surface area contributed by atoms with Crippen LogP contribution in [0.15, 0.2) is 18.2 Å². The summed E-state index contributed by atoms with van der Waals surface area (Å²) in [6.07, 6.45) is 0.851. The van der Waals surface area contributed by atoms with Gasteiger partial charge in [0, 0.05) is 5.69 Å². The highest BCUT2D eigenvalue weighted by molar-refractivity contribution is 7.99. The number of hydrogen-bond donors (Lipinski definition) is 1. The molecule has 1 rings (SSSR count). The Balaban J connectivity index is 2.44. The molecule has 5 heteroatoms. The molecule has 0 atom stereocenters. The molecule has 0 aromatic heterocycles. The number of nitrogens with two attached hydrogens (primary N) is 1. The van der Waals surface area contributed by atoms with E-state index in [0.717, 1.165) is 17.9 Å². The van der Waals surface area contributed by atoms with E-state index in [1.54, 1.807) is 12.1 Å². The topological polar surface area (TPSA) is 52.3 Å². The van der Waals surface area contributed by atoms with E-state index >= 15 is 0 Å². The first-order chi connectivity index (χ1) is 8.15. The zero-order valence-corrected chi connectivity index (χ0v) is 11.3. The first-order valence-electron chi connectivity index (χ1n) is 5.45. The zero-order chi connectivity index (χ0) is 12.7. The predicted molar refractivity (Wildman–Crippen MR) is 73.8 cm³/mol. The van der Waals surface area contributed by atoms with E-state index in [2.05, 4.69) is 6.92 Å². The van der Waals surface area contributed by atoms with Crippen molar-refractivity contribution in [2.75, 3.05) is 23.8 Å². The van der Waals surface area contributed by atoms with Crippen LogP contribution in [0.4, 0.5) is 5.69 Å². The Morgan fingerprint density at radius 1 is 1.53 bits per heavy atom. The van der Waals surface area contributed by atoms with E-state index in [1.165, 1.54) is 6.07 Å². The van der Waals surface area contributed by atoms with Crippen LogP contribution >= 0.6 is 23.4 Å². The van der Waals surface area contributed by atoms with E-state index in [9.17, 15) is 4.79 Å². The third kappa shape index (κ3) is 4.88. The molecule has 0 unspecified atom stereocenters. The molecule has 0 aliphatic heterocycles. The fourth-order valence-corrected chi connectivity index (χ4v) is 2.05. The monoisotopic (exact) mass is 273 g/mol. The Morgan fingerprint density at radius 2 is 2.29 bits per heavy atom. The number of benzene rings is 1. The van der Waals surface area contributed by atoms with Crippen LogP contribution < -0.4 is 5.73 Å². The fraction of sp³-hybridized carbons (Fsp3) is 0.417. The molecule has 0 fully saturated rings. The number of anilines is 1. The van der Waals surface area contributed by atoms with Crippen LogP contribution in [0.3, 0.4) is 0 Å². The van der Waals surface area contributed by atoms with E-state index in [4.69, 9.17) is 22.1 Å². The molecule has 3 nitrogen and oxygen atoms in total. The van der Waals surface area contributed by atoms with Gasteiger partial charge in [-0.3, -0.25) is 0 Å². The van der Waals surface area contributed by atoms with Gasteiger partial charge >= 0.3 is 5.97 Å². The quantitative estimate of drug-likeness (QED) is 0.491. The Bertz CT molecular complexity index is 385. The second kappa shape index (κ2) is 7.45. The first-order valence-corrected chi connectivity index (χ1v) is 6.98. The smallest absolute Gasteiger partial charge is 0.339 e. The molecule has 17 heavy (non-hydrogen) atoms. The van der Waals surface area contributed by atoms with Gasteiger partial charge in [-0.2, -0.15) is 11.8 Å². The Kier molecular flexibility index (Phi) is 6.22. The molecule has 2 N–H and O–H groups in total. The number of halogens is 1. The van der Waals surface area contributed by atoms with Crippen LogP contribution in [0, 0.1) is 0 Å². The minimum absolute atomic E-state index is 0.329. The summed E-state index contributed by atoms with van der Waals surface area (Å²) in [5, 5.41) is 0.368. The highest BCUT2D eigenvalue weighted by atomic mass is 35.5. The maximum absolute atomic E-state index is 11.7. The van der Waals surface area contributed by atoms with Crippen LogP contribution in [0.5, 0.6) is 0 Å². The predicted octanol–water partition coefficient (Wildman–Crippen LogP) is 3.22. The molecule has 0 aliphatic rings. The number of esters is 1. The number of nitrogen functional groups attached to an aromatic ring is 1. The Hall–Kier alpha value is -0.870. The van der Waals surface area contributed by atoms with Crippen molar-refractivity contribution in [1.82, 2.24) is 0 Å². The van der Waals surface area contributed by atoms with Gasteiger partial charge in [0.15, 0.2) is 0 Å². The average molecular weight is 274 g/mol. The summed E-state index contributed by atoms with van der Waals surface area (Å²) >= 11 is 7.72. The first kappa shape index (κ1) is 14.2. The van der Waals surface area contributed by atoms with Crippen molar-refractivity contribution in [2.45, 2.75) is 13.3 Å². The highest BCUT2D eigenvalue weighted by Crippen LogP contribution is 2.19. The van der Waals surface area contributed by atoms with E-state index in [1.807, 2.05) is 11.8 Å². The van der Waals surface area contributed by atoms with Crippen molar-refractivity contribution < 1.29 is 9.53 Å². The van der Waals surface area contributed by atoms with Crippen LogP contribution in [-0.2, 0) is 4.74 Å². The highest BCUT2D eigenvalue weighted by Gasteiger charge is 2.11. The van der Waals surface area contributed by atoms with Crippen molar-refractivity contribution in [1.29, 1.82) is 0 Å². The maximum Gasteiger partial charge on any atom is 0.339 e. The average Bonchev–Trinajstić information content (AvgIpc) is 2.32. The number of carbonyl (C=O) groups is 1. The Morgan fingerprint density at radius 3 is 3.00 bits per heavy atom. The lowest BCUT2D eigenvalue weighted by molar-refractivity contribution is 0.0506. The summed E-state index contributed by atoms with van der Waals surface area (Å²) in [4.78, 5) is 11.7. The lowest BCUT2D eigenvalue weighted by Crippen LogP contribution is -2.08.